The standard InChI is InChI=1S/C35H21ClN4/c36-34-24-12-3-1-10-22(24)33(23-11-2-4-13-25(23)34)29-17-7-15-27(38-29)28-16-8-20-32(39-28)40-30-18-6-5-14-26(30)35-31(40)19-9-21-37-35/h1-21H. The Hall–Kier alpha value is -5.06. The molecule has 8 aromatic rings. The fraction of sp³-hybridized carbons (Fsp3) is 0. The first-order chi connectivity index (χ1) is 19.8. The molecule has 0 saturated heterocycles. The Morgan fingerprint density at radius 3 is 1.80 bits per heavy atom. The number of benzene rings is 4. The van der Waals surface area contributed by atoms with Crippen LogP contribution in [-0.2, 0) is 0 Å². The molecule has 0 saturated carbocycles. The van der Waals surface area contributed by atoms with Gasteiger partial charge in [-0.1, -0.05) is 90.5 Å². The van der Waals surface area contributed by atoms with E-state index in [1.54, 1.807) is 0 Å². The van der Waals surface area contributed by atoms with Crippen molar-refractivity contribution >= 4 is 55.1 Å². The van der Waals surface area contributed by atoms with Crippen molar-refractivity contribution in [1.29, 1.82) is 0 Å². The third kappa shape index (κ3) is 3.43. The highest BCUT2D eigenvalue weighted by Crippen LogP contribution is 2.41. The number of nitrogens with zero attached hydrogens (tertiary/aromatic N) is 4. The number of halogens is 1. The summed E-state index contributed by atoms with van der Waals surface area (Å²) >= 11 is 6.87. The molecule has 0 amide bonds. The van der Waals surface area contributed by atoms with Gasteiger partial charge in [-0.15, -0.1) is 0 Å². The molecule has 4 aromatic heterocycles. The molecule has 4 aromatic carbocycles. The molecule has 0 aliphatic carbocycles. The lowest BCUT2D eigenvalue weighted by Crippen LogP contribution is -1.99. The van der Waals surface area contributed by atoms with Gasteiger partial charge in [0.1, 0.15) is 5.82 Å². The first-order valence-electron chi connectivity index (χ1n) is 13.2. The molecular formula is C35H21ClN4. The number of fused-ring (bicyclic) bond motifs is 5. The SMILES string of the molecule is Clc1c2ccccc2c(-c2cccc(-c3cccc(-n4c5ccccc5c5ncccc54)n3)n2)c2ccccc12. The Morgan fingerprint density at radius 2 is 1.05 bits per heavy atom. The second kappa shape index (κ2) is 9.01. The maximum absolute atomic E-state index is 6.87. The van der Waals surface area contributed by atoms with Crippen LogP contribution in [-0.4, -0.2) is 19.5 Å². The molecule has 8 rings (SSSR count). The Balaban J connectivity index is 1.33. The van der Waals surface area contributed by atoms with Crippen molar-refractivity contribution in [2.24, 2.45) is 0 Å². The van der Waals surface area contributed by atoms with E-state index in [0.717, 1.165) is 77.0 Å². The summed E-state index contributed by atoms with van der Waals surface area (Å²) in [7, 11) is 0. The van der Waals surface area contributed by atoms with E-state index in [4.69, 9.17) is 21.6 Å². The molecule has 0 bridgehead atoms. The highest BCUT2D eigenvalue weighted by atomic mass is 35.5. The predicted octanol–water partition coefficient (Wildman–Crippen LogP) is 9.26. The van der Waals surface area contributed by atoms with E-state index in [1.165, 1.54) is 0 Å². The molecule has 0 spiro atoms. The molecular weight excluding hydrogens is 512 g/mol. The monoisotopic (exact) mass is 532 g/mol. The molecule has 0 N–H and O–H groups in total. The highest BCUT2D eigenvalue weighted by molar-refractivity contribution is 6.42. The smallest absolute Gasteiger partial charge is 0.138 e. The average Bonchev–Trinajstić information content (AvgIpc) is 3.36. The summed E-state index contributed by atoms with van der Waals surface area (Å²) in [6, 6.07) is 41.1. The predicted molar refractivity (Wildman–Crippen MR) is 165 cm³/mol. The fourth-order valence-electron chi connectivity index (χ4n) is 5.79. The van der Waals surface area contributed by atoms with Crippen LogP contribution >= 0.6 is 11.6 Å². The second-order valence-corrected chi connectivity index (χ2v) is 10.2. The number of rotatable bonds is 3. The Labute approximate surface area is 235 Å². The Morgan fingerprint density at radius 1 is 0.475 bits per heavy atom. The third-order valence-electron chi connectivity index (χ3n) is 7.52. The van der Waals surface area contributed by atoms with Crippen LogP contribution in [0.5, 0.6) is 0 Å². The van der Waals surface area contributed by atoms with Crippen molar-refractivity contribution in [3.63, 3.8) is 0 Å². The van der Waals surface area contributed by atoms with Gasteiger partial charge in [0.25, 0.3) is 0 Å². The van der Waals surface area contributed by atoms with Gasteiger partial charge in [0, 0.05) is 27.9 Å². The van der Waals surface area contributed by atoms with Crippen molar-refractivity contribution in [3.05, 3.63) is 133 Å². The first kappa shape index (κ1) is 22.9. The van der Waals surface area contributed by atoms with E-state index < -0.39 is 0 Å². The molecule has 0 aliphatic heterocycles. The molecule has 40 heavy (non-hydrogen) atoms. The topological polar surface area (TPSA) is 43.6 Å². The lowest BCUT2D eigenvalue weighted by Gasteiger charge is -2.14. The molecule has 0 aliphatic rings. The van der Waals surface area contributed by atoms with Crippen LogP contribution in [0.4, 0.5) is 0 Å². The van der Waals surface area contributed by atoms with Gasteiger partial charge in [-0.3, -0.25) is 9.55 Å². The number of hydrogen-bond acceptors (Lipinski definition) is 3. The van der Waals surface area contributed by atoms with Gasteiger partial charge in [0.05, 0.1) is 38.7 Å². The van der Waals surface area contributed by atoms with E-state index in [1.807, 2.05) is 72.9 Å². The normalized spacial score (nSPS) is 11.6. The Kier molecular flexibility index (Phi) is 5.15. The molecule has 0 atom stereocenters. The van der Waals surface area contributed by atoms with Crippen LogP contribution < -0.4 is 0 Å². The molecule has 0 unspecified atom stereocenters. The molecule has 4 heterocycles. The summed E-state index contributed by atoms with van der Waals surface area (Å²) in [5, 5.41) is 6.06. The quantitative estimate of drug-likeness (QED) is 0.213. The lowest BCUT2D eigenvalue weighted by atomic mass is 9.94. The van der Waals surface area contributed by atoms with Gasteiger partial charge in [-0.05, 0) is 53.2 Å². The third-order valence-corrected chi connectivity index (χ3v) is 7.93. The summed E-state index contributed by atoms with van der Waals surface area (Å²) in [5.41, 5.74) is 6.62. The Bertz CT molecular complexity index is 2140. The number of para-hydroxylation sites is 1. The summed E-state index contributed by atoms with van der Waals surface area (Å²) < 4.78 is 2.17. The van der Waals surface area contributed by atoms with Gasteiger partial charge in [0.2, 0.25) is 0 Å². The van der Waals surface area contributed by atoms with Crippen molar-refractivity contribution in [2.75, 3.05) is 0 Å². The van der Waals surface area contributed by atoms with Crippen LogP contribution in [0.1, 0.15) is 0 Å². The zero-order chi connectivity index (χ0) is 26.6. The molecule has 4 nitrogen and oxygen atoms in total. The van der Waals surface area contributed by atoms with Crippen molar-refractivity contribution < 1.29 is 0 Å². The minimum absolute atomic E-state index is 0.765. The van der Waals surface area contributed by atoms with Crippen molar-refractivity contribution in [1.82, 2.24) is 19.5 Å². The minimum atomic E-state index is 0.765. The number of pyridine rings is 3. The summed E-state index contributed by atoms with van der Waals surface area (Å²) in [4.78, 5) is 14.9. The number of hydrogen-bond donors (Lipinski definition) is 0. The van der Waals surface area contributed by atoms with Crippen molar-refractivity contribution in [2.45, 2.75) is 0 Å². The summed E-state index contributed by atoms with van der Waals surface area (Å²) in [5.74, 6) is 0.825. The number of aromatic nitrogens is 4. The highest BCUT2D eigenvalue weighted by Gasteiger charge is 2.17. The average molecular weight is 533 g/mol. The largest absolute Gasteiger partial charge is 0.292 e. The lowest BCUT2D eigenvalue weighted by molar-refractivity contribution is 1.08. The summed E-state index contributed by atoms with van der Waals surface area (Å²) in [6.07, 6.45) is 1.84. The van der Waals surface area contributed by atoms with Gasteiger partial charge in [-0.25, -0.2) is 9.97 Å². The zero-order valence-electron chi connectivity index (χ0n) is 21.3. The van der Waals surface area contributed by atoms with Gasteiger partial charge in [-0.2, -0.15) is 0 Å². The minimum Gasteiger partial charge on any atom is -0.292 e. The van der Waals surface area contributed by atoms with Crippen LogP contribution in [0.15, 0.2) is 128 Å². The van der Waals surface area contributed by atoms with E-state index >= 15 is 0 Å². The van der Waals surface area contributed by atoms with E-state index in [0.29, 0.717) is 0 Å². The van der Waals surface area contributed by atoms with Crippen LogP contribution in [0.3, 0.4) is 0 Å². The van der Waals surface area contributed by atoms with Crippen LogP contribution in [0.25, 0.3) is 71.9 Å². The van der Waals surface area contributed by atoms with Gasteiger partial charge < -0.3 is 0 Å². The molecule has 5 heteroatoms. The van der Waals surface area contributed by atoms with Gasteiger partial charge in [0.15, 0.2) is 0 Å². The zero-order valence-corrected chi connectivity index (χ0v) is 22.0. The maximum Gasteiger partial charge on any atom is 0.138 e. The molecule has 0 fully saturated rings. The fourth-order valence-corrected chi connectivity index (χ4v) is 6.12. The second-order valence-electron chi connectivity index (χ2n) is 9.79. The van der Waals surface area contributed by atoms with Crippen LogP contribution in [0, 0.1) is 0 Å². The van der Waals surface area contributed by atoms with E-state index in [-0.39, 0.29) is 0 Å². The van der Waals surface area contributed by atoms with Gasteiger partial charge >= 0.3 is 0 Å². The molecule has 188 valence electrons. The maximum atomic E-state index is 6.87. The summed E-state index contributed by atoms with van der Waals surface area (Å²) in [6.45, 7) is 0. The van der Waals surface area contributed by atoms with E-state index in [9.17, 15) is 0 Å². The van der Waals surface area contributed by atoms with Crippen molar-refractivity contribution in [3.8, 4) is 28.5 Å². The van der Waals surface area contributed by atoms with Crippen LogP contribution in [0.2, 0.25) is 5.02 Å². The molecule has 0 radical (unpaired) electrons. The van der Waals surface area contributed by atoms with E-state index in [2.05, 4.69) is 64.1 Å². The first-order valence-corrected chi connectivity index (χ1v) is 13.5.